The second-order valence-electron chi connectivity index (χ2n) is 21.9. The summed E-state index contributed by atoms with van der Waals surface area (Å²) < 4.78 is 0. The molecule has 29 heteroatoms. The lowest BCUT2D eigenvalue weighted by atomic mass is 9.98. The number of carbonyl (C=O) groups excluding carboxylic acids is 12. The standard InChI is InChI=1S/C53H78N10O14S.C7H13NO2S.2C2H6/c1-30(2)23-38(48(72)57-36(28-64)19-13-14-22-54)62-53(77)45(31(3)4)63-51(75)40(25-35-17-11-8-12-18-35)60-49(73)39(24-34-15-9-7-10-16-34)59-46(70)33(6)56-47(71)37(20-21-43(66)67)58-50(74)41(26-44(68)69)61-52(76)42(29-78)55-27-32(5)65;1-6(9)5-11-4-3-8-7(2)10;2*1-2/h7-12,15-18,28,30-31,33,36-42,45,55,78H,13-14,19-27,29,54H2,1-6H3,(H,56,71)(H,57,72)(H,58,74)(H,59,70)(H,60,73)(H,61,76)(H,62,77)(H,63,75)(H,66,67)(H,68,69);3-5H2,1-2H3,(H,8,10);2*1-2H3/t33-,36-,37?,38-,39?,40-,41-,42?,45?;;;/m0.../s1. The maximum absolute atomic E-state index is 14.5. The Morgan fingerprint density at radius 2 is 1.02 bits per heavy atom. The predicted octanol–water partition coefficient (Wildman–Crippen LogP) is 1.71. The number of nitrogens with one attached hydrogen (secondary N) is 10. The number of hydrogen-bond acceptors (Lipinski definition) is 18. The maximum Gasteiger partial charge on any atom is 0.305 e. The number of Topliss-reactive ketones (excluding diaryl/α,β-unsaturated/α-hetero) is 2. The van der Waals surface area contributed by atoms with Gasteiger partial charge in [-0.15, -0.1) is 0 Å². The Morgan fingerprint density at radius 3 is 1.48 bits per heavy atom. The number of carboxylic acids is 2. The molecule has 0 radical (unpaired) electrons. The molecule has 0 saturated heterocycles. The van der Waals surface area contributed by atoms with E-state index in [9.17, 15) is 77.3 Å². The van der Waals surface area contributed by atoms with Crippen LogP contribution in [0.5, 0.6) is 0 Å². The summed E-state index contributed by atoms with van der Waals surface area (Å²) in [5, 5.41) is 44.7. The largest absolute Gasteiger partial charge is 0.481 e. The van der Waals surface area contributed by atoms with Crippen LogP contribution in [0.4, 0.5) is 0 Å². The van der Waals surface area contributed by atoms with Crippen LogP contribution >= 0.6 is 24.4 Å². The van der Waals surface area contributed by atoms with Gasteiger partial charge in [-0.1, -0.05) is 116 Å². The van der Waals surface area contributed by atoms with Crippen molar-refractivity contribution in [1.29, 1.82) is 0 Å². The molecule has 0 saturated carbocycles. The summed E-state index contributed by atoms with van der Waals surface area (Å²) in [4.78, 5) is 178. The fourth-order valence-corrected chi connectivity index (χ4v) is 9.25. The highest BCUT2D eigenvalue weighted by Gasteiger charge is 2.36. The van der Waals surface area contributed by atoms with Crippen molar-refractivity contribution in [2.45, 2.75) is 195 Å². The van der Waals surface area contributed by atoms with Crippen molar-refractivity contribution in [1.82, 2.24) is 53.2 Å². The number of aliphatic carboxylic acids is 2. The lowest BCUT2D eigenvalue weighted by Crippen LogP contribution is -2.61. The molecule has 0 aliphatic rings. The van der Waals surface area contributed by atoms with Crippen LogP contribution in [0, 0.1) is 11.8 Å². The number of amides is 9. The summed E-state index contributed by atoms with van der Waals surface area (Å²) in [6.07, 6.45) is -0.0185. The van der Waals surface area contributed by atoms with Gasteiger partial charge in [0.15, 0.2) is 0 Å². The molecule has 14 N–H and O–H groups in total. The van der Waals surface area contributed by atoms with Crippen LogP contribution in [0.1, 0.15) is 139 Å². The van der Waals surface area contributed by atoms with Crippen molar-refractivity contribution in [2.24, 2.45) is 17.6 Å². The predicted molar refractivity (Wildman–Crippen MR) is 360 cm³/mol. The van der Waals surface area contributed by atoms with E-state index in [0.717, 1.165) is 5.75 Å². The third-order valence-electron chi connectivity index (χ3n) is 12.9. The minimum absolute atomic E-state index is 0.0200. The van der Waals surface area contributed by atoms with Crippen molar-refractivity contribution in [3.63, 3.8) is 0 Å². The molecule has 9 atom stereocenters. The van der Waals surface area contributed by atoms with E-state index in [1.165, 1.54) is 32.5 Å². The van der Waals surface area contributed by atoms with Gasteiger partial charge in [0.05, 0.1) is 30.8 Å². The van der Waals surface area contributed by atoms with Gasteiger partial charge in [0.2, 0.25) is 53.2 Å². The van der Waals surface area contributed by atoms with Crippen molar-refractivity contribution in [3.05, 3.63) is 71.8 Å². The minimum atomic E-state index is -1.80. The average Bonchev–Trinajstić information content (AvgIpc) is 3.65. The maximum atomic E-state index is 14.5. The zero-order valence-electron chi connectivity index (χ0n) is 55.9. The Labute approximate surface area is 556 Å². The lowest BCUT2D eigenvalue weighted by Gasteiger charge is -2.29. The molecule has 9 amide bonds. The summed E-state index contributed by atoms with van der Waals surface area (Å²) in [7, 11) is 0. The Hall–Kier alpha value is -7.76. The molecule has 0 aliphatic carbocycles. The molecule has 0 aromatic heterocycles. The molecule has 0 spiro atoms. The molecule has 4 unspecified atom stereocenters. The van der Waals surface area contributed by atoms with Gasteiger partial charge >= 0.3 is 11.9 Å². The number of unbranched alkanes of at least 4 members (excludes halogenated alkanes) is 1. The minimum Gasteiger partial charge on any atom is -0.481 e. The highest BCUT2D eigenvalue weighted by Crippen LogP contribution is 2.13. The van der Waals surface area contributed by atoms with Gasteiger partial charge in [-0.3, -0.25) is 67.6 Å². The summed E-state index contributed by atoms with van der Waals surface area (Å²) >= 11 is 5.61. The zero-order valence-corrected chi connectivity index (χ0v) is 57.6. The number of ketones is 2. The normalized spacial score (nSPS) is 13.4. The number of benzene rings is 2. The molecule has 27 nitrogen and oxygen atoms in total. The SMILES string of the molecule is CC.CC.CC(=O)CNC(CS)C(=O)N[C@@H](CC(=O)O)C(=O)NC(CCC(=O)O)C(=O)N[C@@H](C)C(=O)NC(Cc1ccccc1)C(=O)N[C@@H](Cc1ccccc1)C(=O)NC(C(=O)N[C@@H](CC(C)C)C(=O)N[C@H](C=O)CCCCN)C(C)C.CC(=O)CSCCNC(C)=O. The van der Waals surface area contributed by atoms with E-state index in [4.69, 9.17) is 5.73 Å². The Kier molecular flexibility index (Phi) is 47.6. The second-order valence-corrected chi connectivity index (χ2v) is 23.4. The lowest BCUT2D eigenvalue weighted by molar-refractivity contribution is -0.141. The van der Waals surface area contributed by atoms with Crippen molar-refractivity contribution < 1.29 is 77.3 Å². The van der Waals surface area contributed by atoms with Crippen LogP contribution in [0.3, 0.4) is 0 Å². The molecule has 0 heterocycles. The van der Waals surface area contributed by atoms with Crippen molar-refractivity contribution in [3.8, 4) is 0 Å². The van der Waals surface area contributed by atoms with Gasteiger partial charge in [0.25, 0.3) is 0 Å². The van der Waals surface area contributed by atoms with Gasteiger partial charge in [-0.2, -0.15) is 24.4 Å². The summed E-state index contributed by atoms with van der Waals surface area (Å²) in [6.45, 7) is 21.4. The molecule has 522 valence electrons. The molecule has 0 bridgehead atoms. The molecule has 0 aliphatic heterocycles. The van der Waals surface area contributed by atoms with Crippen LogP contribution in [0.2, 0.25) is 0 Å². The van der Waals surface area contributed by atoms with E-state index in [1.54, 1.807) is 81.4 Å². The van der Waals surface area contributed by atoms with E-state index in [-0.39, 0.29) is 55.0 Å². The number of carbonyl (C=O) groups is 14. The number of hydrogen-bond donors (Lipinski definition) is 14. The molecule has 0 fully saturated rings. The van der Waals surface area contributed by atoms with Gasteiger partial charge in [-0.25, -0.2) is 0 Å². The highest BCUT2D eigenvalue weighted by atomic mass is 32.2. The van der Waals surface area contributed by atoms with Crippen LogP contribution < -0.4 is 58.9 Å². The fourth-order valence-electron chi connectivity index (χ4n) is 8.27. The van der Waals surface area contributed by atoms with Crippen LogP contribution in [-0.2, 0) is 80.0 Å². The number of thioether (sulfide) groups is 1. The number of aldehydes is 1. The first-order chi connectivity index (χ1) is 44.0. The van der Waals surface area contributed by atoms with E-state index in [1.807, 2.05) is 41.5 Å². The Bertz CT molecular complexity index is 2640. The molecular weight excluding hydrogens is 1240 g/mol. The molecule has 2 rings (SSSR count). The van der Waals surface area contributed by atoms with Crippen LogP contribution in [0.15, 0.2) is 60.7 Å². The topological polar surface area (TPSA) is 426 Å². The Morgan fingerprint density at radius 1 is 0.548 bits per heavy atom. The molecule has 93 heavy (non-hydrogen) atoms. The Balaban J connectivity index is 0. The fraction of sp³-hybridized carbons (Fsp3) is 0.594. The number of thiol groups is 1. The van der Waals surface area contributed by atoms with E-state index in [2.05, 4.69) is 65.8 Å². The third kappa shape index (κ3) is 40.1. The first-order valence-corrected chi connectivity index (χ1v) is 33.1. The second kappa shape index (κ2) is 50.8. The highest BCUT2D eigenvalue weighted by molar-refractivity contribution is 7.99. The monoisotopic (exact) mass is 1350 g/mol. The van der Waals surface area contributed by atoms with Crippen molar-refractivity contribution in [2.75, 3.05) is 36.9 Å². The molecule has 2 aromatic rings. The van der Waals surface area contributed by atoms with Crippen molar-refractivity contribution >= 4 is 107 Å². The van der Waals surface area contributed by atoms with Gasteiger partial charge in [-0.05, 0) is 82.4 Å². The first kappa shape index (κ1) is 87.3. The van der Waals surface area contributed by atoms with Gasteiger partial charge < -0.3 is 68.6 Å². The molecule has 2 aromatic carbocycles. The van der Waals surface area contributed by atoms with Crippen LogP contribution in [0.25, 0.3) is 0 Å². The van der Waals surface area contributed by atoms with Gasteiger partial charge in [0, 0.05) is 44.2 Å². The van der Waals surface area contributed by atoms with E-state index in [0.29, 0.717) is 55.5 Å². The molecular formula is C64H103N11O16S2. The summed E-state index contributed by atoms with van der Waals surface area (Å²) in [5.74, 6) is -9.55. The zero-order chi connectivity index (χ0) is 71.2. The summed E-state index contributed by atoms with van der Waals surface area (Å²) in [5.41, 5.74) is 6.77. The first-order valence-electron chi connectivity index (χ1n) is 31.3. The third-order valence-corrected chi connectivity index (χ3v) is 14.4. The van der Waals surface area contributed by atoms with E-state index >= 15 is 0 Å². The van der Waals surface area contributed by atoms with Crippen LogP contribution in [-0.4, -0.2) is 184 Å². The van der Waals surface area contributed by atoms with Gasteiger partial charge in [0.1, 0.15) is 60.1 Å². The summed E-state index contributed by atoms with van der Waals surface area (Å²) in [6, 6.07) is 5.07. The number of nitrogens with two attached hydrogens (primary N) is 1. The number of carboxylic acid groups (broad SMARTS) is 2. The smallest absolute Gasteiger partial charge is 0.305 e. The number of rotatable bonds is 42. The average molecular weight is 1350 g/mol. The quantitative estimate of drug-likeness (QED) is 0.0256. The van der Waals surface area contributed by atoms with E-state index < -0.39 is 139 Å².